The zero-order valence-electron chi connectivity index (χ0n) is 18.6. The minimum atomic E-state index is -0.540. The molecule has 0 bridgehead atoms. The average Bonchev–Trinajstić information content (AvgIpc) is 2.60. The number of likely N-dealkylation sites (N-methyl/N-ethyl adjacent to an activating group) is 1. The van der Waals surface area contributed by atoms with Crippen molar-refractivity contribution in [2.75, 3.05) is 26.7 Å². The number of amides is 2. The van der Waals surface area contributed by atoms with Crippen molar-refractivity contribution in [3.05, 3.63) is 0 Å². The van der Waals surface area contributed by atoms with E-state index in [-0.39, 0.29) is 11.9 Å². The van der Waals surface area contributed by atoms with E-state index in [1.807, 2.05) is 48.6 Å². The zero-order chi connectivity index (χ0) is 21.4. The van der Waals surface area contributed by atoms with Gasteiger partial charge in [-0.05, 0) is 47.0 Å². The lowest BCUT2D eigenvalue weighted by Crippen LogP contribution is -2.54. The van der Waals surface area contributed by atoms with E-state index in [4.69, 9.17) is 9.73 Å². The maximum atomic E-state index is 12.3. The second kappa shape index (κ2) is 10.5. The molecule has 3 N–H and O–H groups in total. The van der Waals surface area contributed by atoms with Crippen molar-refractivity contribution in [1.82, 2.24) is 20.9 Å². The number of guanidine groups is 1. The van der Waals surface area contributed by atoms with Gasteiger partial charge in [-0.3, -0.25) is 9.79 Å². The predicted octanol–water partition coefficient (Wildman–Crippen LogP) is 2.25. The summed E-state index contributed by atoms with van der Waals surface area (Å²) in [6.07, 6.45) is 2.40. The Morgan fingerprint density at radius 2 is 1.89 bits per heavy atom. The smallest absolute Gasteiger partial charge is 0.408 e. The molecule has 0 aromatic carbocycles. The fourth-order valence-electron chi connectivity index (χ4n) is 3.08. The van der Waals surface area contributed by atoms with Crippen LogP contribution in [0.5, 0.6) is 0 Å². The molecule has 1 atom stereocenters. The quantitative estimate of drug-likeness (QED) is 0.452. The first-order valence-electron chi connectivity index (χ1n) is 10.3. The van der Waals surface area contributed by atoms with Gasteiger partial charge in [0.1, 0.15) is 5.60 Å². The molecule has 0 saturated carbocycles. The summed E-state index contributed by atoms with van der Waals surface area (Å²) in [6.45, 7) is 13.5. The maximum absolute atomic E-state index is 12.3. The van der Waals surface area contributed by atoms with Crippen LogP contribution in [0.15, 0.2) is 4.99 Å². The molecule has 162 valence electrons. The second-order valence-electron chi connectivity index (χ2n) is 8.46. The SMILES string of the molecule is CCNC(=NCC(CC)(CC)NC(=O)OC(C)(C)C)NC1CCC(=O)N(C)C1. The van der Waals surface area contributed by atoms with E-state index in [0.717, 1.165) is 25.8 Å². The lowest BCUT2D eigenvalue weighted by Gasteiger charge is -2.34. The third-order valence-corrected chi connectivity index (χ3v) is 4.97. The van der Waals surface area contributed by atoms with E-state index in [0.29, 0.717) is 25.5 Å². The molecule has 8 heteroatoms. The molecule has 0 aromatic heterocycles. The molecule has 1 rings (SSSR count). The van der Waals surface area contributed by atoms with Gasteiger partial charge in [0.25, 0.3) is 0 Å². The van der Waals surface area contributed by atoms with Crippen molar-refractivity contribution in [3.8, 4) is 0 Å². The molecule has 0 spiro atoms. The van der Waals surface area contributed by atoms with Crippen LogP contribution in [0.25, 0.3) is 0 Å². The van der Waals surface area contributed by atoms with Crippen molar-refractivity contribution in [2.24, 2.45) is 4.99 Å². The number of hydrogen-bond acceptors (Lipinski definition) is 4. The summed E-state index contributed by atoms with van der Waals surface area (Å²) in [4.78, 5) is 30.5. The number of piperidine rings is 1. The normalized spacial score (nSPS) is 18.7. The molecular formula is C20H39N5O3. The van der Waals surface area contributed by atoms with Crippen molar-refractivity contribution >= 4 is 18.0 Å². The first kappa shape index (κ1) is 24.0. The highest BCUT2D eigenvalue weighted by atomic mass is 16.6. The molecular weight excluding hydrogens is 358 g/mol. The molecule has 1 aliphatic heterocycles. The highest BCUT2D eigenvalue weighted by Crippen LogP contribution is 2.18. The summed E-state index contributed by atoms with van der Waals surface area (Å²) in [7, 11) is 1.82. The number of likely N-dealkylation sites (tertiary alicyclic amines) is 1. The van der Waals surface area contributed by atoms with Gasteiger partial charge < -0.3 is 25.6 Å². The Labute approximate surface area is 169 Å². The first-order chi connectivity index (χ1) is 13.0. The second-order valence-corrected chi connectivity index (χ2v) is 8.46. The monoisotopic (exact) mass is 397 g/mol. The molecule has 8 nitrogen and oxygen atoms in total. The highest BCUT2D eigenvalue weighted by molar-refractivity contribution is 5.81. The zero-order valence-corrected chi connectivity index (χ0v) is 18.6. The molecule has 0 aromatic rings. The third-order valence-electron chi connectivity index (χ3n) is 4.97. The van der Waals surface area contributed by atoms with Gasteiger partial charge in [0.2, 0.25) is 5.91 Å². The molecule has 1 aliphatic rings. The van der Waals surface area contributed by atoms with Crippen LogP contribution in [0.4, 0.5) is 4.79 Å². The Kier molecular flexibility index (Phi) is 9.04. The largest absolute Gasteiger partial charge is 0.444 e. The van der Waals surface area contributed by atoms with Gasteiger partial charge in [-0.1, -0.05) is 13.8 Å². The van der Waals surface area contributed by atoms with E-state index in [9.17, 15) is 9.59 Å². The molecule has 1 saturated heterocycles. The van der Waals surface area contributed by atoms with Gasteiger partial charge in [-0.25, -0.2) is 4.79 Å². The van der Waals surface area contributed by atoms with Gasteiger partial charge in [-0.15, -0.1) is 0 Å². The Balaban J connectivity index is 2.81. The van der Waals surface area contributed by atoms with Crippen LogP contribution in [0.2, 0.25) is 0 Å². The highest BCUT2D eigenvalue weighted by Gasteiger charge is 2.31. The van der Waals surface area contributed by atoms with Crippen molar-refractivity contribution in [1.29, 1.82) is 0 Å². The summed E-state index contributed by atoms with van der Waals surface area (Å²) < 4.78 is 5.43. The molecule has 1 heterocycles. The predicted molar refractivity (Wildman–Crippen MR) is 112 cm³/mol. The summed E-state index contributed by atoms with van der Waals surface area (Å²) in [5.41, 5.74) is -1.01. The summed E-state index contributed by atoms with van der Waals surface area (Å²) >= 11 is 0. The molecule has 1 fully saturated rings. The Morgan fingerprint density at radius 1 is 1.25 bits per heavy atom. The van der Waals surface area contributed by atoms with E-state index in [1.54, 1.807) is 4.90 Å². The standard InChI is InChI=1S/C20H39N5O3/c1-8-20(9-2,24-18(27)28-19(4,5)6)14-22-17(21-10-3)23-15-11-12-16(26)25(7)13-15/h15H,8-14H2,1-7H3,(H,24,27)(H2,21,22,23). The Bertz CT molecular complexity index is 553. The first-order valence-corrected chi connectivity index (χ1v) is 10.3. The van der Waals surface area contributed by atoms with Crippen molar-refractivity contribution in [3.63, 3.8) is 0 Å². The average molecular weight is 398 g/mol. The van der Waals surface area contributed by atoms with Gasteiger partial charge in [0.15, 0.2) is 5.96 Å². The van der Waals surface area contributed by atoms with Crippen LogP contribution in [-0.2, 0) is 9.53 Å². The molecule has 0 radical (unpaired) electrons. The number of ether oxygens (including phenoxy) is 1. The number of hydrogen-bond donors (Lipinski definition) is 3. The van der Waals surface area contributed by atoms with Crippen LogP contribution < -0.4 is 16.0 Å². The van der Waals surface area contributed by atoms with Crippen LogP contribution in [-0.4, -0.2) is 66.7 Å². The summed E-state index contributed by atoms with van der Waals surface area (Å²) in [6, 6.07) is 0.164. The molecule has 1 unspecified atom stereocenters. The lowest BCUT2D eigenvalue weighted by molar-refractivity contribution is -0.132. The number of rotatable bonds is 7. The molecule has 0 aliphatic carbocycles. The van der Waals surface area contributed by atoms with E-state index >= 15 is 0 Å². The minimum absolute atomic E-state index is 0.164. The van der Waals surface area contributed by atoms with E-state index in [1.165, 1.54) is 0 Å². The summed E-state index contributed by atoms with van der Waals surface area (Å²) in [5, 5.41) is 9.70. The van der Waals surface area contributed by atoms with Crippen LogP contribution in [0.3, 0.4) is 0 Å². The number of alkyl carbamates (subject to hydrolysis) is 1. The number of carbonyl (C=O) groups is 2. The number of nitrogens with zero attached hydrogens (tertiary/aromatic N) is 2. The number of nitrogens with one attached hydrogen (secondary N) is 3. The fraction of sp³-hybridized carbons (Fsp3) is 0.850. The van der Waals surface area contributed by atoms with E-state index in [2.05, 4.69) is 16.0 Å². The van der Waals surface area contributed by atoms with Crippen molar-refractivity contribution < 1.29 is 14.3 Å². The van der Waals surface area contributed by atoms with Gasteiger partial charge in [0, 0.05) is 32.6 Å². The Morgan fingerprint density at radius 3 is 2.39 bits per heavy atom. The maximum Gasteiger partial charge on any atom is 0.408 e. The van der Waals surface area contributed by atoms with E-state index < -0.39 is 17.2 Å². The van der Waals surface area contributed by atoms with Gasteiger partial charge >= 0.3 is 6.09 Å². The van der Waals surface area contributed by atoms with Crippen LogP contribution in [0, 0.1) is 0 Å². The fourth-order valence-corrected chi connectivity index (χ4v) is 3.08. The minimum Gasteiger partial charge on any atom is -0.444 e. The van der Waals surface area contributed by atoms with Crippen LogP contribution in [0.1, 0.15) is 67.2 Å². The number of aliphatic imine (C=N–C) groups is 1. The van der Waals surface area contributed by atoms with Gasteiger partial charge in [0.05, 0.1) is 12.1 Å². The lowest BCUT2D eigenvalue weighted by atomic mass is 9.93. The number of carbonyl (C=O) groups excluding carboxylic acids is 2. The third kappa shape index (κ3) is 7.94. The van der Waals surface area contributed by atoms with Gasteiger partial charge in [-0.2, -0.15) is 0 Å². The molecule has 28 heavy (non-hydrogen) atoms. The van der Waals surface area contributed by atoms with Crippen molar-refractivity contribution in [2.45, 2.75) is 84.4 Å². The van der Waals surface area contributed by atoms with Crippen LogP contribution >= 0.6 is 0 Å². The topological polar surface area (TPSA) is 95.1 Å². The molecule has 2 amide bonds. The Hall–Kier alpha value is -1.99. The summed E-state index contributed by atoms with van der Waals surface area (Å²) in [5.74, 6) is 0.880.